The number of nitrogens with one attached hydrogen (secondary N) is 1. The van der Waals surface area contributed by atoms with Crippen LogP contribution < -0.4 is 5.32 Å². The zero-order valence-electron chi connectivity index (χ0n) is 7.29. The third kappa shape index (κ3) is 3.05. The van der Waals surface area contributed by atoms with Gasteiger partial charge >= 0.3 is 0 Å². The van der Waals surface area contributed by atoms with E-state index in [2.05, 4.69) is 10.3 Å². The smallest absolute Gasteiger partial charge is 0.141 e. The number of likely N-dealkylation sites (N-methyl/N-ethyl adjacent to an activating group) is 1. The quantitative estimate of drug-likeness (QED) is 0.727. The molecule has 1 heterocycles. The first-order valence-corrected chi connectivity index (χ1v) is 4.28. The molecule has 0 saturated carbocycles. The van der Waals surface area contributed by atoms with Crippen LogP contribution in [0.1, 0.15) is 5.69 Å². The highest BCUT2D eigenvalue weighted by atomic mass is 35.5. The molecule has 0 radical (unpaired) electrons. The van der Waals surface area contributed by atoms with Crippen LogP contribution >= 0.6 is 11.6 Å². The van der Waals surface area contributed by atoms with Gasteiger partial charge in [0.05, 0.1) is 0 Å². The minimum absolute atomic E-state index is 0.136. The first kappa shape index (κ1) is 10.0. The minimum Gasteiger partial charge on any atom is -0.506 e. The summed E-state index contributed by atoms with van der Waals surface area (Å²) in [5.41, 5.74) is 0.489. The largest absolute Gasteiger partial charge is 0.506 e. The molecule has 13 heavy (non-hydrogen) atoms. The summed E-state index contributed by atoms with van der Waals surface area (Å²) in [5, 5.41) is 12.7. The molecule has 1 aromatic rings. The maximum atomic E-state index is 9.34. The van der Waals surface area contributed by atoms with Crippen LogP contribution in [-0.4, -0.2) is 23.7 Å². The van der Waals surface area contributed by atoms with E-state index in [1.54, 1.807) is 12.1 Å². The Morgan fingerprint density at radius 1 is 1.62 bits per heavy atom. The number of nitrogens with zero attached hydrogens (tertiary/aromatic N) is 1. The van der Waals surface area contributed by atoms with E-state index in [0.29, 0.717) is 10.8 Å². The van der Waals surface area contributed by atoms with Crippen LogP contribution in [0, 0.1) is 0 Å². The molecule has 0 aliphatic heterocycles. The molecule has 0 aliphatic carbocycles. The predicted molar refractivity (Wildman–Crippen MR) is 53.9 cm³/mol. The lowest BCUT2D eigenvalue weighted by Gasteiger charge is -1.97. The molecule has 0 bridgehead atoms. The normalized spacial score (nSPS) is 10.9. The van der Waals surface area contributed by atoms with Crippen LogP contribution in [0.4, 0.5) is 0 Å². The topological polar surface area (TPSA) is 45.2 Å². The molecule has 0 atom stereocenters. The monoisotopic (exact) mass is 198 g/mol. The van der Waals surface area contributed by atoms with Crippen molar-refractivity contribution in [2.45, 2.75) is 0 Å². The van der Waals surface area contributed by atoms with Crippen molar-refractivity contribution in [2.75, 3.05) is 13.6 Å². The number of hydrogen-bond acceptors (Lipinski definition) is 3. The Labute approximate surface area is 82.1 Å². The average molecular weight is 199 g/mol. The molecule has 0 aromatic carbocycles. The van der Waals surface area contributed by atoms with Crippen LogP contribution in [0.3, 0.4) is 0 Å². The summed E-state index contributed by atoms with van der Waals surface area (Å²) in [6, 6.07) is 3.07. The van der Waals surface area contributed by atoms with Gasteiger partial charge in [-0.3, -0.25) is 0 Å². The van der Waals surface area contributed by atoms with Gasteiger partial charge < -0.3 is 10.4 Å². The Hall–Kier alpha value is -1.06. The van der Waals surface area contributed by atoms with Gasteiger partial charge in [-0.05, 0) is 25.3 Å². The zero-order valence-corrected chi connectivity index (χ0v) is 8.04. The van der Waals surface area contributed by atoms with Crippen LogP contribution in [0.5, 0.6) is 5.75 Å². The maximum absolute atomic E-state index is 9.34. The molecule has 0 aliphatic rings. The molecular formula is C9H11ClN2O. The maximum Gasteiger partial charge on any atom is 0.141 e. The van der Waals surface area contributed by atoms with E-state index in [1.807, 2.05) is 13.1 Å². The number of pyridine rings is 1. The SMILES string of the molecule is CNCC=Cc1nc(Cl)ccc1O. The van der Waals surface area contributed by atoms with E-state index in [-0.39, 0.29) is 5.75 Å². The average Bonchev–Trinajstić information content (AvgIpc) is 2.11. The third-order valence-electron chi connectivity index (χ3n) is 1.47. The van der Waals surface area contributed by atoms with Crippen molar-refractivity contribution in [3.63, 3.8) is 0 Å². The summed E-state index contributed by atoms with van der Waals surface area (Å²) in [4.78, 5) is 3.95. The summed E-state index contributed by atoms with van der Waals surface area (Å²) in [7, 11) is 1.84. The van der Waals surface area contributed by atoms with Gasteiger partial charge in [-0.2, -0.15) is 0 Å². The van der Waals surface area contributed by atoms with Gasteiger partial charge in [0, 0.05) is 6.54 Å². The molecule has 0 saturated heterocycles. The van der Waals surface area contributed by atoms with Gasteiger partial charge in [0.1, 0.15) is 16.6 Å². The Kier molecular flexibility index (Phi) is 3.73. The predicted octanol–water partition coefficient (Wildman–Crippen LogP) is 1.67. The Morgan fingerprint density at radius 2 is 2.38 bits per heavy atom. The summed E-state index contributed by atoms with van der Waals surface area (Å²) in [6.45, 7) is 0.730. The molecule has 0 fully saturated rings. The molecule has 0 amide bonds. The summed E-state index contributed by atoms with van der Waals surface area (Å²) in [6.07, 6.45) is 3.58. The Bertz CT molecular complexity index is 312. The number of hydrogen-bond donors (Lipinski definition) is 2. The van der Waals surface area contributed by atoms with Crippen LogP contribution in [0.15, 0.2) is 18.2 Å². The molecule has 70 valence electrons. The van der Waals surface area contributed by atoms with Gasteiger partial charge in [0.15, 0.2) is 0 Å². The van der Waals surface area contributed by atoms with Gasteiger partial charge in [0.2, 0.25) is 0 Å². The van der Waals surface area contributed by atoms with Crippen LogP contribution in [0.2, 0.25) is 5.15 Å². The fraction of sp³-hybridized carbons (Fsp3) is 0.222. The van der Waals surface area contributed by atoms with Crippen molar-refractivity contribution in [3.05, 3.63) is 29.1 Å². The van der Waals surface area contributed by atoms with E-state index in [0.717, 1.165) is 6.54 Å². The fourth-order valence-corrected chi connectivity index (χ4v) is 1.01. The highest BCUT2D eigenvalue weighted by molar-refractivity contribution is 6.29. The van der Waals surface area contributed by atoms with Gasteiger partial charge in [0.25, 0.3) is 0 Å². The van der Waals surface area contributed by atoms with Crippen LogP contribution in [0.25, 0.3) is 6.08 Å². The van der Waals surface area contributed by atoms with Crippen LogP contribution in [-0.2, 0) is 0 Å². The second kappa shape index (κ2) is 4.84. The first-order chi connectivity index (χ1) is 6.24. The molecule has 3 nitrogen and oxygen atoms in total. The lowest BCUT2D eigenvalue weighted by Crippen LogP contribution is -2.03. The minimum atomic E-state index is 0.136. The number of aromatic hydroxyl groups is 1. The number of rotatable bonds is 3. The van der Waals surface area contributed by atoms with Crippen molar-refractivity contribution in [1.29, 1.82) is 0 Å². The number of aromatic nitrogens is 1. The highest BCUT2D eigenvalue weighted by Gasteiger charge is 1.98. The van der Waals surface area contributed by atoms with Crippen molar-refractivity contribution in [3.8, 4) is 5.75 Å². The second-order valence-corrected chi connectivity index (χ2v) is 2.89. The molecule has 2 N–H and O–H groups in total. The molecule has 1 rings (SSSR count). The van der Waals surface area contributed by atoms with Gasteiger partial charge in [-0.1, -0.05) is 17.7 Å². The third-order valence-corrected chi connectivity index (χ3v) is 1.68. The standard InChI is InChI=1S/C9H11ClN2O/c1-11-6-2-3-7-8(13)4-5-9(10)12-7/h2-5,11,13H,6H2,1H3. The van der Waals surface area contributed by atoms with Gasteiger partial charge in [-0.15, -0.1) is 0 Å². The summed E-state index contributed by atoms with van der Waals surface area (Å²) < 4.78 is 0. The van der Waals surface area contributed by atoms with Crippen molar-refractivity contribution < 1.29 is 5.11 Å². The number of halogens is 1. The summed E-state index contributed by atoms with van der Waals surface area (Å²) >= 11 is 5.66. The van der Waals surface area contributed by atoms with E-state index in [4.69, 9.17) is 11.6 Å². The fourth-order valence-electron chi connectivity index (χ4n) is 0.854. The Morgan fingerprint density at radius 3 is 3.08 bits per heavy atom. The van der Waals surface area contributed by atoms with Crippen molar-refractivity contribution in [2.24, 2.45) is 0 Å². The lowest BCUT2D eigenvalue weighted by molar-refractivity contribution is 0.471. The summed E-state index contributed by atoms with van der Waals surface area (Å²) in [5.74, 6) is 0.136. The lowest BCUT2D eigenvalue weighted by atomic mass is 10.3. The molecule has 0 unspecified atom stereocenters. The van der Waals surface area contributed by atoms with E-state index >= 15 is 0 Å². The molecular weight excluding hydrogens is 188 g/mol. The molecule has 4 heteroatoms. The Balaban J connectivity index is 2.81. The van der Waals surface area contributed by atoms with Gasteiger partial charge in [-0.25, -0.2) is 4.98 Å². The first-order valence-electron chi connectivity index (χ1n) is 3.90. The second-order valence-electron chi connectivity index (χ2n) is 2.50. The van der Waals surface area contributed by atoms with Crippen molar-refractivity contribution in [1.82, 2.24) is 10.3 Å². The van der Waals surface area contributed by atoms with Crippen molar-refractivity contribution >= 4 is 17.7 Å². The van der Waals surface area contributed by atoms with E-state index in [1.165, 1.54) is 6.07 Å². The zero-order chi connectivity index (χ0) is 9.68. The molecule has 0 spiro atoms. The van der Waals surface area contributed by atoms with E-state index in [9.17, 15) is 5.11 Å². The highest BCUT2D eigenvalue weighted by Crippen LogP contribution is 2.18. The molecule has 1 aromatic heterocycles. The van der Waals surface area contributed by atoms with E-state index < -0.39 is 0 Å².